The Labute approximate surface area is 136 Å². The van der Waals surface area contributed by atoms with E-state index in [2.05, 4.69) is 21.2 Å². The maximum atomic E-state index is 11.7. The molecule has 0 unspecified atom stereocenters. The highest BCUT2D eigenvalue weighted by molar-refractivity contribution is 9.10. The summed E-state index contributed by atoms with van der Waals surface area (Å²) in [5.74, 6) is -0.103. The third kappa shape index (κ3) is 3.85. The summed E-state index contributed by atoms with van der Waals surface area (Å²) in [6, 6.07) is 12.7. The number of ether oxygens (including phenoxy) is 2. The third-order valence-corrected chi connectivity index (χ3v) is 3.54. The Kier molecular flexibility index (Phi) is 5.55. The fourth-order valence-corrected chi connectivity index (χ4v) is 2.42. The van der Waals surface area contributed by atoms with Gasteiger partial charge in [0.1, 0.15) is 12.4 Å². The zero-order chi connectivity index (χ0) is 15.9. The number of benzene rings is 2. The predicted molar refractivity (Wildman–Crippen MR) is 85.9 cm³/mol. The summed E-state index contributed by atoms with van der Waals surface area (Å²) >= 11 is 3.31. The lowest BCUT2D eigenvalue weighted by molar-refractivity contribution is -0.105. The van der Waals surface area contributed by atoms with Crippen molar-refractivity contribution in [2.24, 2.45) is 0 Å². The number of nitrogens with one attached hydrogen (secondary N) is 1. The van der Waals surface area contributed by atoms with Gasteiger partial charge in [-0.2, -0.15) is 0 Å². The van der Waals surface area contributed by atoms with Crippen molar-refractivity contribution in [3.63, 3.8) is 0 Å². The molecule has 114 valence electrons. The zero-order valence-corrected chi connectivity index (χ0v) is 13.4. The van der Waals surface area contributed by atoms with Gasteiger partial charge in [-0.05, 0) is 33.6 Å². The van der Waals surface area contributed by atoms with Gasteiger partial charge in [0, 0.05) is 4.47 Å². The minimum absolute atomic E-state index is 0.311. The minimum Gasteiger partial charge on any atom is -0.487 e. The summed E-state index contributed by atoms with van der Waals surface area (Å²) in [5, 5.41) is 2.56. The number of rotatable bonds is 6. The molecule has 0 aliphatic carbocycles. The van der Waals surface area contributed by atoms with E-state index in [0.29, 0.717) is 34.5 Å². The number of methoxy groups -OCH3 is 1. The molecule has 6 heteroatoms. The number of halogens is 1. The SMILES string of the molecule is COC(=O)c1cc(Br)c(NC=O)c(OCc2ccccc2)c1. The first-order chi connectivity index (χ1) is 10.7. The van der Waals surface area contributed by atoms with Crippen molar-refractivity contribution in [2.75, 3.05) is 12.4 Å². The largest absolute Gasteiger partial charge is 0.487 e. The number of anilines is 1. The Morgan fingerprint density at radius 3 is 2.64 bits per heavy atom. The molecule has 0 bridgehead atoms. The van der Waals surface area contributed by atoms with Crippen LogP contribution in [0.3, 0.4) is 0 Å². The summed E-state index contributed by atoms with van der Waals surface area (Å²) in [5.41, 5.74) is 1.76. The van der Waals surface area contributed by atoms with E-state index in [9.17, 15) is 9.59 Å². The molecule has 2 rings (SSSR count). The van der Waals surface area contributed by atoms with Crippen molar-refractivity contribution in [1.82, 2.24) is 0 Å². The minimum atomic E-state index is -0.483. The fraction of sp³-hybridized carbons (Fsp3) is 0.125. The van der Waals surface area contributed by atoms with Crippen molar-refractivity contribution in [3.05, 3.63) is 58.1 Å². The number of amides is 1. The van der Waals surface area contributed by atoms with Crippen LogP contribution >= 0.6 is 15.9 Å². The maximum Gasteiger partial charge on any atom is 0.338 e. The summed E-state index contributed by atoms with van der Waals surface area (Å²) in [7, 11) is 1.30. The molecule has 0 heterocycles. The Balaban J connectivity index is 2.31. The molecule has 1 N–H and O–H groups in total. The average Bonchev–Trinajstić information content (AvgIpc) is 2.55. The monoisotopic (exact) mass is 363 g/mol. The topological polar surface area (TPSA) is 64.6 Å². The lowest BCUT2D eigenvalue weighted by Crippen LogP contribution is -2.06. The Hall–Kier alpha value is -2.34. The molecule has 22 heavy (non-hydrogen) atoms. The van der Waals surface area contributed by atoms with Gasteiger partial charge in [-0.3, -0.25) is 4.79 Å². The van der Waals surface area contributed by atoms with Crippen LogP contribution in [0, 0.1) is 0 Å². The van der Waals surface area contributed by atoms with E-state index < -0.39 is 5.97 Å². The number of carbonyl (C=O) groups is 2. The normalized spacial score (nSPS) is 9.91. The standard InChI is InChI=1S/C16H14BrNO4/c1-21-16(20)12-7-13(17)15(18-10-19)14(8-12)22-9-11-5-3-2-4-6-11/h2-8,10H,9H2,1H3,(H,18,19). The molecule has 1 amide bonds. The second-order valence-corrected chi connectivity index (χ2v) is 5.21. The van der Waals surface area contributed by atoms with Crippen LogP contribution in [-0.4, -0.2) is 19.5 Å². The van der Waals surface area contributed by atoms with E-state index in [1.807, 2.05) is 30.3 Å². The van der Waals surface area contributed by atoms with Crippen LogP contribution in [0.5, 0.6) is 5.75 Å². The fourth-order valence-electron chi connectivity index (χ4n) is 1.87. The summed E-state index contributed by atoms with van der Waals surface area (Å²) in [4.78, 5) is 22.4. The molecule has 0 aliphatic rings. The highest BCUT2D eigenvalue weighted by Gasteiger charge is 2.15. The van der Waals surface area contributed by atoms with E-state index in [0.717, 1.165) is 5.56 Å². The first kappa shape index (κ1) is 16.0. The van der Waals surface area contributed by atoms with Gasteiger partial charge in [-0.1, -0.05) is 30.3 Å². The number of hydrogen-bond donors (Lipinski definition) is 1. The molecule has 5 nitrogen and oxygen atoms in total. The van der Waals surface area contributed by atoms with Crippen LogP contribution in [-0.2, 0) is 16.1 Å². The lowest BCUT2D eigenvalue weighted by Gasteiger charge is -2.14. The second-order valence-electron chi connectivity index (χ2n) is 4.36. The van der Waals surface area contributed by atoms with Gasteiger partial charge in [0.05, 0.1) is 18.4 Å². The van der Waals surface area contributed by atoms with Crippen molar-refractivity contribution < 1.29 is 19.1 Å². The van der Waals surface area contributed by atoms with Gasteiger partial charge in [-0.15, -0.1) is 0 Å². The van der Waals surface area contributed by atoms with E-state index in [-0.39, 0.29) is 0 Å². The second kappa shape index (κ2) is 7.61. The van der Waals surface area contributed by atoms with Crippen LogP contribution in [0.15, 0.2) is 46.9 Å². The van der Waals surface area contributed by atoms with Gasteiger partial charge in [-0.25, -0.2) is 4.79 Å². The smallest absolute Gasteiger partial charge is 0.338 e. The van der Waals surface area contributed by atoms with E-state index in [4.69, 9.17) is 9.47 Å². The van der Waals surface area contributed by atoms with Crippen LogP contribution < -0.4 is 10.1 Å². The number of esters is 1. The number of carbonyl (C=O) groups excluding carboxylic acids is 2. The van der Waals surface area contributed by atoms with Crippen LogP contribution in [0.2, 0.25) is 0 Å². The van der Waals surface area contributed by atoms with E-state index in [1.54, 1.807) is 6.07 Å². The molecule has 0 saturated heterocycles. The third-order valence-electron chi connectivity index (χ3n) is 2.92. The predicted octanol–water partition coefficient (Wildman–Crippen LogP) is 3.38. The molecule has 2 aromatic rings. The first-order valence-electron chi connectivity index (χ1n) is 6.44. The molecule has 0 spiro atoms. The molecule has 0 aliphatic heterocycles. The molecule has 0 radical (unpaired) electrons. The number of hydrogen-bond acceptors (Lipinski definition) is 4. The average molecular weight is 364 g/mol. The van der Waals surface area contributed by atoms with Crippen LogP contribution in [0.25, 0.3) is 0 Å². The molecular weight excluding hydrogens is 350 g/mol. The lowest BCUT2D eigenvalue weighted by atomic mass is 10.2. The van der Waals surface area contributed by atoms with E-state index in [1.165, 1.54) is 13.2 Å². The van der Waals surface area contributed by atoms with Crippen molar-refractivity contribution in [2.45, 2.75) is 6.61 Å². The van der Waals surface area contributed by atoms with Gasteiger partial charge in [0.15, 0.2) is 0 Å². The Bertz CT molecular complexity index is 673. The van der Waals surface area contributed by atoms with Gasteiger partial charge in [0.2, 0.25) is 6.41 Å². The van der Waals surface area contributed by atoms with Gasteiger partial charge in [0.25, 0.3) is 0 Å². The summed E-state index contributed by atoms with van der Waals surface area (Å²) in [6.45, 7) is 0.311. The highest BCUT2D eigenvalue weighted by atomic mass is 79.9. The van der Waals surface area contributed by atoms with E-state index >= 15 is 0 Å². The Morgan fingerprint density at radius 2 is 2.00 bits per heavy atom. The summed E-state index contributed by atoms with van der Waals surface area (Å²) < 4.78 is 11.0. The molecule has 0 aromatic heterocycles. The zero-order valence-electron chi connectivity index (χ0n) is 11.8. The van der Waals surface area contributed by atoms with Crippen molar-refractivity contribution in [1.29, 1.82) is 0 Å². The quantitative estimate of drug-likeness (QED) is 0.631. The van der Waals surface area contributed by atoms with Gasteiger partial charge < -0.3 is 14.8 Å². The molecule has 0 fully saturated rings. The molecular formula is C16H14BrNO4. The maximum absolute atomic E-state index is 11.7. The van der Waals surface area contributed by atoms with Crippen LogP contribution in [0.4, 0.5) is 5.69 Å². The molecule has 0 atom stereocenters. The van der Waals surface area contributed by atoms with Crippen molar-refractivity contribution >= 4 is 34.0 Å². The summed E-state index contributed by atoms with van der Waals surface area (Å²) in [6.07, 6.45) is 0.549. The highest BCUT2D eigenvalue weighted by Crippen LogP contribution is 2.34. The molecule has 0 saturated carbocycles. The Morgan fingerprint density at radius 1 is 1.27 bits per heavy atom. The van der Waals surface area contributed by atoms with Crippen LogP contribution in [0.1, 0.15) is 15.9 Å². The van der Waals surface area contributed by atoms with Gasteiger partial charge >= 0.3 is 5.97 Å². The molecule has 2 aromatic carbocycles. The first-order valence-corrected chi connectivity index (χ1v) is 7.23. The van der Waals surface area contributed by atoms with Crippen molar-refractivity contribution in [3.8, 4) is 5.75 Å².